The second kappa shape index (κ2) is 3.11. The van der Waals surface area contributed by atoms with Crippen LogP contribution in [0, 0.1) is 5.92 Å². The summed E-state index contributed by atoms with van der Waals surface area (Å²) in [6, 6.07) is 3.86. The highest BCUT2D eigenvalue weighted by Gasteiger charge is 2.44. The van der Waals surface area contributed by atoms with Gasteiger partial charge in [-0.2, -0.15) is 0 Å². The lowest BCUT2D eigenvalue weighted by atomic mass is 9.83. The van der Waals surface area contributed by atoms with Crippen LogP contribution < -0.4 is 5.73 Å². The van der Waals surface area contributed by atoms with E-state index in [0.29, 0.717) is 18.1 Å². The summed E-state index contributed by atoms with van der Waals surface area (Å²) in [7, 11) is 0. The third-order valence-corrected chi connectivity index (χ3v) is 3.49. The summed E-state index contributed by atoms with van der Waals surface area (Å²) in [4.78, 5) is 0. The molecule has 0 aromatic carbocycles. The van der Waals surface area contributed by atoms with Crippen LogP contribution >= 0.6 is 0 Å². The Morgan fingerprint density at radius 1 is 1.43 bits per heavy atom. The highest BCUT2D eigenvalue weighted by Crippen LogP contribution is 2.43. The summed E-state index contributed by atoms with van der Waals surface area (Å²) in [6.45, 7) is 0. The van der Waals surface area contributed by atoms with Gasteiger partial charge >= 0.3 is 0 Å². The van der Waals surface area contributed by atoms with E-state index in [4.69, 9.17) is 14.9 Å². The van der Waals surface area contributed by atoms with Crippen LogP contribution in [0.5, 0.6) is 0 Å². The number of ether oxygens (including phenoxy) is 1. The molecule has 3 rings (SSSR count). The summed E-state index contributed by atoms with van der Waals surface area (Å²) in [6.07, 6.45) is 6.01. The van der Waals surface area contributed by atoms with Gasteiger partial charge in [0.05, 0.1) is 24.5 Å². The average Bonchev–Trinajstić information content (AvgIpc) is 2.93. The predicted octanol–water partition coefficient (Wildman–Crippen LogP) is 1.85. The zero-order chi connectivity index (χ0) is 9.54. The molecule has 2 fully saturated rings. The van der Waals surface area contributed by atoms with Gasteiger partial charge in [-0.3, -0.25) is 0 Å². The van der Waals surface area contributed by atoms with E-state index < -0.39 is 0 Å². The molecule has 2 aliphatic rings. The van der Waals surface area contributed by atoms with E-state index in [2.05, 4.69) is 0 Å². The van der Waals surface area contributed by atoms with Crippen LogP contribution in [0.1, 0.15) is 31.1 Å². The summed E-state index contributed by atoms with van der Waals surface area (Å²) in [5.74, 6) is 1.35. The minimum Gasteiger partial charge on any atom is -0.468 e. The molecule has 3 nitrogen and oxygen atoms in total. The first kappa shape index (κ1) is 8.50. The molecule has 0 saturated carbocycles. The topological polar surface area (TPSA) is 48.4 Å². The molecular weight excluding hydrogens is 178 g/mol. The third-order valence-electron chi connectivity index (χ3n) is 3.49. The Bertz CT molecular complexity index is 309. The van der Waals surface area contributed by atoms with Crippen LogP contribution in [0.2, 0.25) is 0 Å². The quantitative estimate of drug-likeness (QED) is 0.779. The van der Waals surface area contributed by atoms with Crippen molar-refractivity contribution in [1.82, 2.24) is 0 Å². The molecule has 0 amide bonds. The van der Waals surface area contributed by atoms with Crippen molar-refractivity contribution in [3.05, 3.63) is 24.2 Å². The predicted molar refractivity (Wildman–Crippen MR) is 51.6 cm³/mol. The first-order valence-corrected chi connectivity index (χ1v) is 5.29. The van der Waals surface area contributed by atoms with Crippen LogP contribution in [0.3, 0.4) is 0 Å². The molecule has 4 unspecified atom stereocenters. The van der Waals surface area contributed by atoms with Gasteiger partial charge in [-0.25, -0.2) is 0 Å². The second-order valence-corrected chi connectivity index (χ2v) is 4.31. The maximum atomic E-state index is 6.16. The van der Waals surface area contributed by atoms with E-state index in [1.807, 2.05) is 12.1 Å². The highest BCUT2D eigenvalue weighted by molar-refractivity contribution is 5.08. The Kier molecular flexibility index (Phi) is 1.89. The lowest BCUT2D eigenvalue weighted by molar-refractivity contribution is 0.0870. The van der Waals surface area contributed by atoms with Gasteiger partial charge in [-0.15, -0.1) is 0 Å². The van der Waals surface area contributed by atoms with Crippen molar-refractivity contribution < 1.29 is 9.15 Å². The van der Waals surface area contributed by atoms with Crippen LogP contribution in [0.15, 0.2) is 22.8 Å². The van der Waals surface area contributed by atoms with Crippen molar-refractivity contribution in [1.29, 1.82) is 0 Å². The SMILES string of the molecule is NC(c1ccco1)C1CC2CCC1O2. The molecule has 2 bridgehead atoms. The number of rotatable bonds is 2. The van der Waals surface area contributed by atoms with Gasteiger partial charge in [0, 0.05) is 5.92 Å². The van der Waals surface area contributed by atoms with Gasteiger partial charge in [-0.1, -0.05) is 0 Å². The van der Waals surface area contributed by atoms with Gasteiger partial charge in [0.15, 0.2) is 0 Å². The molecule has 0 spiro atoms. The zero-order valence-corrected chi connectivity index (χ0v) is 8.06. The Hall–Kier alpha value is -0.800. The number of hydrogen-bond acceptors (Lipinski definition) is 3. The fraction of sp³-hybridized carbons (Fsp3) is 0.636. The number of furan rings is 1. The normalized spacial score (nSPS) is 37.6. The van der Waals surface area contributed by atoms with Gasteiger partial charge < -0.3 is 14.9 Å². The summed E-state index contributed by atoms with van der Waals surface area (Å²) in [5.41, 5.74) is 6.16. The molecule has 2 saturated heterocycles. The van der Waals surface area contributed by atoms with E-state index in [0.717, 1.165) is 12.2 Å². The van der Waals surface area contributed by atoms with Gasteiger partial charge in [-0.05, 0) is 31.4 Å². The molecule has 0 radical (unpaired) electrons. The lowest BCUT2D eigenvalue weighted by Gasteiger charge is -2.23. The third kappa shape index (κ3) is 1.20. The maximum Gasteiger partial charge on any atom is 0.120 e. The van der Waals surface area contributed by atoms with E-state index >= 15 is 0 Å². The lowest BCUT2D eigenvalue weighted by Crippen LogP contribution is -2.28. The Balaban J connectivity index is 1.77. The largest absolute Gasteiger partial charge is 0.468 e. The minimum absolute atomic E-state index is 0.0142. The fourth-order valence-electron chi connectivity index (χ4n) is 2.75. The summed E-state index contributed by atoms with van der Waals surface area (Å²) in [5, 5.41) is 0. The van der Waals surface area contributed by atoms with Crippen molar-refractivity contribution >= 4 is 0 Å². The molecule has 14 heavy (non-hydrogen) atoms. The van der Waals surface area contributed by atoms with Crippen molar-refractivity contribution in [3.63, 3.8) is 0 Å². The van der Waals surface area contributed by atoms with E-state index in [-0.39, 0.29) is 6.04 Å². The number of hydrogen-bond donors (Lipinski definition) is 1. The molecule has 2 aliphatic heterocycles. The van der Waals surface area contributed by atoms with Crippen molar-refractivity contribution in [3.8, 4) is 0 Å². The van der Waals surface area contributed by atoms with Gasteiger partial charge in [0.2, 0.25) is 0 Å². The van der Waals surface area contributed by atoms with E-state index in [1.54, 1.807) is 6.26 Å². The van der Waals surface area contributed by atoms with Crippen molar-refractivity contribution in [2.24, 2.45) is 11.7 Å². The number of nitrogens with two attached hydrogens (primary N) is 1. The van der Waals surface area contributed by atoms with E-state index in [1.165, 1.54) is 12.8 Å². The minimum atomic E-state index is 0.0142. The second-order valence-electron chi connectivity index (χ2n) is 4.31. The molecule has 1 aromatic heterocycles. The van der Waals surface area contributed by atoms with Gasteiger partial charge in [0.25, 0.3) is 0 Å². The Morgan fingerprint density at radius 3 is 2.93 bits per heavy atom. The molecule has 1 aromatic rings. The molecule has 3 heterocycles. The van der Waals surface area contributed by atoms with Crippen LogP contribution in [0.4, 0.5) is 0 Å². The summed E-state index contributed by atoms with van der Waals surface area (Å²) < 4.78 is 11.1. The van der Waals surface area contributed by atoms with E-state index in [9.17, 15) is 0 Å². The standard InChI is InChI=1S/C11H15NO2/c12-11(10-2-1-5-13-10)8-6-7-3-4-9(8)14-7/h1-2,5,7-9,11H,3-4,6,12H2. The Labute approximate surface area is 83.2 Å². The van der Waals surface area contributed by atoms with Crippen LogP contribution in [0.25, 0.3) is 0 Å². The maximum absolute atomic E-state index is 6.16. The zero-order valence-electron chi connectivity index (χ0n) is 8.06. The monoisotopic (exact) mass is 193 g/mol. The molecule has 76 valence electrons. The highest BCUT2D eigenvalue weighted by atomic mass is 16.5. The van der Waals surface area contributed by atoms with Crippen LogP contribution in [-0.2, 0) is 4.74 Å². The first-order chi connectivity index (χ1) is 6.84. The number of fused-ring (bicyclic) bond motifs is 2. The fourth-order valence-corrected chi connectivity index (χ4v) is 2.75. The molecule has 2 N–H and O–H groups in total. The smallest absolute Gasteiger partial charge is 0.120 e. The molecular formula is C11H15NO2. The van der Waals surface area contributed by atoms with Crippen molar-refractivity contribution in [2.45, 2.75) is 37.5 Å². The van der Waals surface area contributed by atoms with Crippen LogP contribution in [-0.4, -0.2) is 12.2 Å². The first-order valence-electron chi connectivity index (χ1n) is 5.29. The Morgan fingerprint density at radius 2 is 2.36 bits per heavy atom. The molecule has 0 aliphatic carbocycles. The summed E-state index contributed by atoms with van der Waals surface area (Å²) >= 11 is 0. The van der Waals surface area contributed by atoms with Gasteiger partial charge in [0.1, 0.15) is 5.76 Å². The molecule has 3 heteroatoms. The van der Waals surface area contributed by atoms with Crippen molar-refractivity contribution in [2.75, 3.05) is 0 Å². The average molecular weight is 193 g/mol. The molecule has 4 atom stereocenters.